The third kappa shape index (κ3) is 88.5. The highest BCUT2D eigenvalue weighted by atomic mass is 16.7. The SMILES string of the molecule is CC/C=C\C/C=C\C/C=C\C/C=C\C/C=C\C/C=C\C/C=C\C/C=C\CCCCCCCCCCCCCCCCCCC(=O)OC(COC(=O)CCCCCCCCCCCCCCCCCCCCCCCCCCCC/C=C\C/C=C\C/C=C\CCCCCCC)COC(OCC[N+](C)(C)C)C(=O)O. The van der Waals surface area contributed by atoms with Crippen molar-refractivity contribution in [2.75, 3.05) is 47.5 Å². The number of carboxylic acid groups (broad SMARTS) is 1. The number of esters is 2. The van der Waals surface area contributed by atoms with Gasteiger partial charge >= 0.3 is 17.9 Å². The average Bonchev–Trinajstić information content (AvgIpc) is 0.965. The van der Waals surface area contributed by atoms with Gasteiger partial charge in [-0.2, -0.15) is 0 Å². The molecule has 0 radical (unpaired) electrons. The second kappa shape index (κ2) is 87.0. The maximum absolute atomic E-state index is 13.0. The van der Waals surface area contributed by atoms with Crippen molar-refractivity contribution in [1.82, 2.24) is 0 Å². The van der Waals surface area contributed by atoms with E-state index in [0.717, 1.165) is 103 Å². The maximum Gasteiger partial charge on any atom is 0.361 e. The summed E-state index contributed by atoms with van der Waals surface area (Å²) < 4.78 is 23.1. The molecule has 0 saturated carbocycles. The van der Waals surface area contributed by atoms with E-state index < -0.39 is 24.3 Å². The van der Waals surface area contributed by atoms with Crippen molar-refractivity contribution in [1.29, 1.82) is 0 Å². The van der Waals surface area contributed by atoms with E-state index in [0.29, 0.717) is 17.4 Å². The lowest BCUT2D eigenvalue weighted by Gasteiger charge is -2.25. The van der Waals surface area contributed by atoms with Gasteiger partial charge in [-0.3, -0.25) is 9.59 Å². The van der Waals surface area contributed by atoms with Crippen LogP contribution in [0.3, 0.4) is 0 Å². The number of rotatable bonds is 84. The Morgan fingerprint density at radius 3 is 0.794 bits per heavy atom. The summed E-state index contributed by atoms with van der Waals surface area (Å²) in [4.78, 5) is 37.8. The molecule has 0 aliphatic rings. The van der Waals surface area contributed by atoms with Crippen LogP contribution >= 0.6 is 0 Å². The van der Waals surface area contributed by atoms with E-state index in [1.165, 1.54) is 283 Å². The second-order valence-electron chi connectivity index (χ2n) is 31.5. The van der Waals surface area contributed by atoms with Crippen LogP contribution in [-0.4, -0.2) is 87.4 Å². The lowest BCUT2D eigenvalue weighted by atomic mass is 10.0. The van der Waals surface area contributed by atoms with Gasteiger partial charge in [0.05, 0.1) is 34.4 Å². The van der Waals surface area contributed by atoms with Crippen LogP contribution in [0.4, 0.5) is 0 Å². The molecule has 2 atom stereocenters. The van der Waals surface area contributed by atoms with Crippen molar-refractivity contribution in [3.63, 3.8) is 0 Å². The zero-order chi connectivity index (χ0) is 77.4. The van der Waals surface area contributed by atoms with Gasteiger partial charge in [-0.25, -0.2) is 4.79 Å². The Morgan fingerprint density at radius 2 is 0.533 bits per heavy atom. The molecule has 0 spiro atoms. The fraction of sp³-hybridized carbons (Fsp3) is 0.745. The Hall–Kier alpha value is -4.57. The molecule has 616 valence electrons. The highest BCUT2D eigenvalue weighted by molar-refractivity contribution is 5.71. The van der Waals surface area contributed by atoms with Gasteiger partial charge in [0.15, 0.2) is 6.10 Å². The molecule has 0 fully saturated rings. The largest absolute Gasteiger partial charge is 0.477 e. The minimum atomic E-state index is -1.52. The van der Waals surface area contributed by atoms with Crippen molar-refractivity contribution in [3.05, 3.63) is 134 Å². The number of carbonyl (C=O) groups is 3. The zero-order valence-corrected chi connectivity index (χ0v) is 70.8. The molecule has 0 heterocycles. The molecule has 0 aromatic rings. The molecular formula is C98H172NO8+. The van der Waals surface area contributed by atoms with E-state index in [9.17, 15) is 19.5 Å². The normalized spacial score (nSPS) is 13.2. The van der Waals surface area contributed by atoms with Crippen molar-refractivity contribution in [2.45, 2.75) is 424 Å². The van der Waals surface area contributed by atoms with Crippen LogP contribution in [0.1, 0.15) is 412 Å². The topological polar surface area (TPSA) is 108 Å². The summed E-state index contributed by atoms with van der Waals surface area (Å²) >= 11 is 0. The number of allylic oxidation sites excluding steroid dienone is 22. The lowest BCUT2D eigenvalue weighted by molar-refractivity contribution is -0.870. The number of aliphatic carboxylic acids is 1. The fourth-order valence-electron chi connectivity index (χ4n) is 13.0. The fourth-order valence-corrected chi connectivity index (χ4v) is 13.0. The van der Waals surface area contributed by atoms with Crippen molar-refractivity contribution >= 4 is 17.9 Å². The number of carbonyl (C=O) groups excluding carboxylic acids is 2. The van der Waals surface area contributed by atoms with Crippen LogP contribution in [0.25, 0.3) is 0 Å². The van der Waals surface area contributed by atoms with Crippen LogP contribution in [0.5, 0.6) is 0 Å². The van der Waals surface area contributed by atoms with Gasteiger partial charge in [0.2, 0.25) is 0 Å². The quantitative estimate of drug-likeness (QED) is 0.0211. The zero-order valence-electron chi connectivity index (χ0n) is 70.8. The number of hydrogen-bond donors (Lipinski definition) is 1. The van der Waals surface area contributed by atoms with E-state index in [1.807, 2.05) is 21.1 Å². The van der Waals surface area contributed by atoms with Crippen molar-refractivity contribution < 1.29 is 42.9 Å². The van der Waals surface area contributed by atoms with E-state index in [1.54, 1.807) is 0 Å². The molecule has 107 heavy (non-hydrogen) atoms. The monoisotopic (exact) mass is 1490 g/mol. The molecule has 0 aromatic carbocycles. The van der Waals surface area contributed by atoms with Crippen LogP contribution in [0, 0.1) is 0 Å². The molecule has 1 N–H and O–H groups in total. The van der Waals surface area contributed by atoms with Crippen LogP contribution in [0.15, 0.2) is 134 Å². The number of ether oxygens (including phenoxy) is 4. The minimum absolute atomic E-state index is 0.182. The van der Waals surface area contributed by atoms with Gasteiger partial charge in [-0.1, -0.05) is 417 Å². The molecule has 0 aliphatic carbocycles. The predicted molar refractivity (Wildman–Crippen MR) is 465 cm³/mol. The van der Waals surface area contributed by atoms with Crippen molar-refractivity contribution in [2.24, 2.45) is 0 Å². The smallest absolute Gasteiger partial charge is 0.361 e. The number of likely N-dealkylation sites (N-methyl/N-ethyl adjacent to an activating group) is 1. The van der Waals surface area contributed by atoms with Gasteiger partial charge in [-0.15, -0.1) is 0 Å². The third-order valence-corrected chi connectivity index (χ3v) is 19.9. The standard InChI is InChI=1S/C98H171NO8/c1-6-8-10-12-14-16-18-20-22-24-26-28-30-32-34-36-38-40-42-44-46-48-50-52-54-56-58-60-62-64-66-68-70-72-74-76-78-80-82-84-86-88-95(100)105-92-94(93-106-98(97(102)103)104-91-90-99(3,4)5)107-96(101)89-87-85-83-81-79-77-75-73-71-69-67-65-63-61-59-57-55-53-51-49-47-45-43-41-39-37-35-33-31-29-27-25-23-21-19-17-15-13-11-9-7-2/h9,11,15,17-18,20-21,23-24,26-27,29-30,32-33,35,39,41,45,47,51,53,94,98H,6-8,10,12-14,16,19,22,25,28,31,34,36-38,40,42-44,46,48-50,52,54-93H2,1-5H3/p+1/b11-9-,17-15-,20-18-,23-21-,26-24-,29-27-,32-30-,35-33-,41-39-,47-45-,53-51-. The predicted octanol–water partition coefficient (Wildman–Crippen LogP) is 29.9. The maximum atomic E-state index is 13.0. The molecular weight excluding hydrogens is 1320 g/mol. The Kier molecular flexibility index (Phi) is 83.3. The molecule has 0 amide bonds. The number of quaternary nitrogens is 1. The first-order valence-corrected chi connectivity index (χ1v) is 45.3. The molecule has 0 saturated heterocycles. The molecule has 0 aliphatic heterocycles. The second-order valence-corrected chi connectivity index (χ2v) is 31.5. The third-order valence-electron chi connectivity index (χ3n) is 19.9. The van der Waals surface area contributed by atoms with E-state index in [4.69, 9.17) is 18.9 Å². The Morgan fingerprint density at radius 1 is 0.290 bits per heavy atom. The summed E-state index contributed by atoms with van der Waals surface area (Å²) in [6, 6.07) is 0. The first kappa shape index (κ1) is 102. The number of carboxylic acids is 1. The molecule has 9 heteroatoms. The van der Waals surface area contributed by atoms with Crippen LogP contribution < -0.4 is 0 Å². The lowest BCUT2D eigenvalue weighted by Crippen LogP contribution is -2.40. The molecule has 9 nitrogen and oxygen atoms in total. The van der Waals surface area contributed by atoms with Gasteiger partial charge in [0, 0.05) is 12.8 Å². The minimum Gasteiger partial charge on any atom is -0.477 e. The number of hydrogen-bond acceptors (Lipinski definition) is 7. The Labute approximate surface area is 662 Å². The molecule has 0 aromatic heterocycles. The van der Waals surface area contributed by atoms with Crippen LogP contribution in [-0.2, 0) is 33.3 Å². The summed E-state index contributed by atoms with van der Waals surface area (Å²) in [5, 5.41) is 9.80. The Balaban J connectivity index is 3.95. The average molecular weight is 1490 g/mol. The van der Waals surface area contributed by atoms with Gasteiger partial charge in [0.25, 0.3) is 6.29 Å². The summed E-state index contributed by atoms with van der Waals surface area (Å²) in [5.74, 6) is -1.98. The van der Waals surface area contributed by atoms with E-state index in [-0.39, 0.29) is 32.2 Å². The Bertz CT molecular complexity index is 2240. The summed E-state index contributed by atoms with van der Waals surface area (Å²) in [6.45, 7) is 4.80. The molecule has 0 rings (SSSR count). The molecule has 0 bridgehead atoms. The number of nitrogens with zero attached hydrogens (tertiary/aromatic N) is 1. The van der Waals surface area contributed by atoms with Gasteiger partial charge < -0.3 is 28.5 Å². The number of unbranched alkanes of at least 4 members (excludes halogenated alkanes) is 47. The highest BCUT2D eigenvalue weighted by Gasteiger charge is 2.25. The van der Waals surface area contributed by atoms with Gasteiger partial charge in [0.1, 0.15) is 13.2 Å². The van der Waals surface area contributed by atoms with Crippen molar-refractivity contribution in [3.8, 4) is 0 Å². The summed E-state index contributed by atoms with van der Waals surface area (Å²) in [7, 11) is 6.00. The summed E-state index contributed by atoms with van der Waals surface area (Å²) in [6.07, 6.45) is 124. The summed E-state index contributed by atoms with van der Waals surface area (Å²) in [5.41, 5.74) is 0. The van der Waals surface area contributed by atoms with E-state index >= 15 is 0 Å². The first-order valence-electron chi connectivity index (χ1n) is 45.3. The highest BCUT2D eigenvalue weighted by Crippen LogP contribution is 2.20. The molecule has 2 unspecified atom stereocenters. The van der Waals surface area contributed by atoms with E-state index in [2.05, 4.69) is 148 Å². The van der Waals surface area contributed by atoms with Crippen LogP contribution in [0.2, 0.25) is 0 Å². The first-order chi connectivity index (χ1) is 52.6. The van der Waals surface area contributed by atoms with Gasteiger partial charge in [-0.05, 0) is 116 Å².